The highest BCUT2D eigenvalue weighted by Crippen LogP contribution is 2.31. The van der Waals surface area contributed by atoms with Crippen molar-refractivity contribution in [3.05, 3.63) is 54.0 Å². The van der Waals surface area contributed by atoms with Crippen LogP contribution in [0.1, 0.15) is 18.4 Å². The second kappa shape index (κ2) is 8.75. The van der Waals surface area contributed by atoms with E-state index in [0.29, 0.717) is 0 Å². The fourth-order valence-corrected chi connectivity index (χ4v) is 3.71. The summed E-state index contributed by atoms with van der Waals surface area (Å²) in [4.78, 5) is 3.17. The van der Waals surface area contributed by atoms with Gasteiger partial charge in [-0.05, 0) is 80.2 Å². The fraction of sp³-hybridized carbons (Fsp3) is 0.304. The molecule has 3 N–H and O–H groups in total. The number of rotatable bonds is 4. The second-order valence-electron chi connectivity index (χ2n) is 7.00. The van der Waals surface area contributed by atoms with Crippen molar-refractivity contribution in [3.63, 3.8) is 0 Å². The van der Waals surface area contributed by atoms with Crippen molar-refractivity contribution in [1.29, 1.82) is 0 Å². The molecule has 1 aromatic heterocycles. The number of nitrogens with one attached hydrogen (secondary N) is 3. The van der Waals surface area contributed by atoms with Crippen LogP contribution in [0.25, 0.3) is 22.0 Å². The van der Waals surface area contributed by atoms with Crippen LogP contribution < -0.4 is 10.6 Å². The van der Waals surface area contributed by atoms with Crippen molar-refractivity contribution in [1.82, 2.24) is 10.3 Å². The van der Waals surface area contributed by atoms with E-state index in [9.17, 15) is 4.39 Å². The number of aryl methyl sites for hydroxylation is 1. The maximum absolute atomic E-state index is 13.4. The number of terminal acetylenes is 1. The summed E-state index contributed by atoms with van der Waals surface area (Å²) in [5, 5.41) is 8.08. The van der Waals surface area contributed by atoms with E-state index in [4.69, 9.17) is 0 Å². The Bertz CT molecular complexity index is 920. The third kappa shape index (κ3) is 4.32. The summed E-state index contributed by atoms with van der Waals surface area (Å²) >= 11 is 0. The molecule has 1 saturated heterocycles. The number of fused-ring (bicyclic) bond motifs is 1. The zero-order valence-corrected chi connectivity index (χ0v) is 15.7. The van der Waals surface area contributed by atoms with Crippen molar-refractivity contribution in [3.8, 4) is 24.0 Å². The zero-order chi connectivity index (χ0) is 19.2. The highest BCUT2D eigenvalue weighted by molar-refractivity contribution is 5.95. The monoisotopic (exact) mass is 363 g/mol. The van der Waals surface area contributed by atoms with Crippen LogP contribution in [0.2, 0.25) is 0 Å². The van der Waals surface area contributed by atoms with Gasteiger partial charge in [-0.2, -0.15) is 0 Å². The molecule has 3 nitrogen and oxygen atoms in total. The molecule has 2 aromatic carbocycles. The first-order valence-corrected chi connectivity index (χ1v) is 9.36. The number of anilines is 1. The van der Waals surface area contributed by atoms with Gasteiger partial charge in [0.15, 0.2) is 0 Å². The number of halogens is 1. The Balaban J connectivity index is 0.00000102. The van der Waals surface area contributed by atoms with Gasteiger partial charge < -0.3 is 15.6 Å². The van der Waals surface area contributed by atoms with Crippen LogP contribution in [-0.2, 0) is 0 Å². The number of hydrogen-bond donors (Lipinski definition) is 3. The predicted molar refractivity (Wildman–Crippen MR) is 112 cm³/mol. The molecule has 0 atom stereocenters. The van der Waals surface area contributed by atoms with Crippen molar-refractivity contribution >= 4 is 16.6 Å². The van der Waals surface area contributed by atoms with Gasteiger partial charge in [-0.1, -0.05) is 6.07 Å². The summed E-state index contributed by atoms with van der Waals surface area (Å²) < 4.78 is 13.4. The van der Waals surface area contributed by atoms with E-state index in [0.717, 1.165) is 47.6 Å². The Morgan fingerprint density at radius 3 is 2.63 bits per heavy atom. The number of piperidine rings is 1. The van der Waals surface area contributed by atoms with Crippen LogP contribution in [-0.4, -0.2) is 24.6 Å². The van der Waals surface area contributed by atoms with Gasteiger partial charge in [0.1, 0.15) is 5.82 Å². The van der Waals surface area contributed by atoms with Gasteiger partial charge in [-0.15, -0.1) is 12.8 Å². The first-order valence-electron chi connectivity index (χ1n) is 9.36. The molecule has 0 bridgehead atoms. The Morgan fingerprint density at radius 1 is 1.11 bits per heavy atom. The zero-order valence-electron chi connectivity index (χ0n) is 15.7. The molecule has 0 saturated carbocycles. The van der Waals surface area contributed by atoms with E-state index in [-0.39, 0.29) is 5.82 Å². The largest absolute Gasteiger partial charge is 0.385 e. The first kappa shape index (κ1) is 19.0. The van der Waals surface area contributed by atoms with Crippen LogP contribution in [0.5, 0.6) is 0 Å². The molecule has 0 spiro atoms. The normalized spacial score (nSPS) is 14.5. The van der Waals surface area contributed by atoms with Crippen LogP contribution in [0.4, 0.5) is 10.1 Å². The summed E-state index contributed by atoms with van der Waals surface area (Å²) in [6.45, 7) is 5.44. The topological polar surface area (TPSA) is 39.9 Å². The van der Waals surface area contributed by atoms with Crippen molar-refractivity contribution in [2.45, 2.75) is 19.8 Å². The molecule has 1 fully saturated rings. The Labute approximate surface area is 160 Å². The fourth-order valence-electron chi connectivity index (χ4n) is 3.71. The molecule has 0 aliphatic carbocycles. The summed E-state index contributed by atoms with van der Waals surface area (Å²) in [7, 11) is 0. The molecule has 0 radical (unpaired) electrons. The van der Waals surface area contributed by atoms with Crippen LogP contribution in [0, 0.1) is 31.5 Å². The minimum Gasteiger partial charge on any atom is -0.385 e. The standard InChI is InChI=1S/C21H24FN3.C2H2/c1-14-10-16(19-13-25-21-11-17(22)3-4-18(19)21)2-5-20(14)24-12-15-6-8-23-9-7-15;1-2/h2-5,10-11,13,15,23-25H,6-9,12H2,1H3;1-2H. The van der Waals surface area contributed by atoms with E-state index in [1.807, 2.05) is 12.3 Å². The molecule has 3 aromatic rings. The average molecular weight is 363 g/mol. The molecule has 1 aliphatic heterocycles. The molecular weight excluding hydrogens is 337 g/mol. The van der Waals surface area contributed by atoms with Gasteiger partial charge in [0.05, 0.1) is 0 Å². The van der Waals surface area contributed by atoms with Crippen LogP contribution >= 0.6 is 0 Å². The van der Waals surface area contributed by atoms with E-state index < -0.39 is 0 Å². The minimum absolute atomic E-state index is 0.213. The lowest BCUT2D eigenvalue weighted by Gasteiger charge is -2.23. The highest BCUT2D eigenvalue weighted by Gasteiger charge is 2.13. The predicted octanol–water partition coefficient (Wildman–Crippen LogP) is 4.94. The molecule has 4 rings (SSSR count). The molecule has 2 heterocycles. The maximum Gasteiger partial charge on any atom is 0.125 e. The Kier molecular flexibility index (Phi) is 6.16. The number of benzene rings is 2. The summed E-state index contributed by atoms with van der Waals surface area (Å²) in [6.07, 6.45) is 12.5. The molecule has 140 valence electrons. The second-order valence-corrected chi connectivity index (χ2v) is 7.00. The van der Waals surface area contributed by atoms with Crippen molar-refractivity contribution < 1.29 is 4.39 Å². The van der Waals surface area contributed by atoms with E-state index >= 15 is 0 Å². The lowest BCUT2D eigenvalue weighted by molar-refractivity contribution is 0.390. The van der Waals surface area contributed by atoms with Crippen LogP contribution in [0.15, 0.2) is 42.6 Å². The van der Waals surface area contributed by atoms with Gasteiger partial charge in [0, 0.05) is 34.9 Å². The highest BCUT2D eigenvalue weighted by atomic mass is 19.1. The van der Waals surface area contributed by atoms with E-state index in [1.165, 1.54) is 30.2 Å². The quantitative estimate of drug-likeness (QED) is 0.574. The maximum atomic E-state index is 13.4. The SMILES string of the molecule is C#C.Cc1cc(-c2c[nH]c3cc(F)ccc23)ccc1NCC1CCNCC1. The molecule has 1 aliphatic rings. The number of H-pyrrole nitrogens is 1. The molecule has 4 heteroatoms. The van der Waals surface area contributed by atoms with Crippen molar-refractivity contribution in [2.75, 3.05) is 25.0 Å². The molecule has 27 heavy (non-hydrogen) atoms. The smallest absolute Gasteiger partial charge is 0.125 e. The molecule has 0 amide bonds. The Hall–Kier alpha value is -2.77. The van der Waals surface area contributed by atoms with Gasteiger partial charge in [0.2, 0.25) is 0 Å². The van der Waals surface area contributed by atoms with Crippen LogP contribution in [0.3, 0.4) is 0 Å². The van der Waals surface area contributed by atoms with Crippen molar-refractivity contribution in [2.24, 2.45) is 5.92 Å². The summed E-state index contributed by atoms with van der Waals surface area (Å²) in [5.74, 6) is 0.540. The summed E-state index contributed by atoms with van der Waals surface area (Å²) in [5.41, 5.74) is 5.54. The third-order valence-electron chi connectivity index (χ3n) is 5.22. The van der Waals surface area contributed by atoms with Gasteiger partial charge in [-0.25, -0.2) is 4.39 Å². The Morgan fingerprint density at radius 2 is 1.89 bits per heavy atom. The summed E-state index contributed by atoms with van der Waals surface area (Å²) in [6, 6.07) is 11.4. The average Bonchev–Trinajstić information content (AvgIpc) is 3.12. The van der Waals surface area contributed by atoms with Gasteiger partial charge in [0.25, 0.3) is 0 Å². The van der Waals surface area contributed by atoms with Gasteiger partial charge >= 0.3 is 0 Å². The number of hydrogen-bond acceptors (Lipinski definition) is 2. The molecular formula is C23H26FN3. The lowest BCUT2D eigenvalue weighted by Crippen LogP contribution is -2.31. The molecule has 0 unspecified atom stereocenters. The van der Waals surface area contributed by atoms with E-state index in [1.54, 1.807) is 6.07 Å². The number of aromatic nitrogens is 1. The third-order valence-corrected chi connectivity index (χ3v) is 5.22. The lowest BCUT2D eigenvalue weighted by atomic mass is 9.97. The first-order chi connectivity index (χ1) is 13.2. The minimum atomic E-state index is -0.213. The van der Waals surface area contributed by atoms with E-state index in [2.05, 4.69) is 53.6 Å². The number of aromatic amines is 1. The van der Waals surface area contributed by atoms with Gasteiger partial charge in [-0.3, -0.25) is 0 Å².